The largest absolute Gasteiger partial charge is 0.478 e. The quantitative estimate of drug-likeness (QED) is 0.830. The number of carbonyl (C=O) groups is 2. The summed E-state index contributed by atoms with van der Waals surface area (Å²) in [6.07, 6.45) is 0. The number of hydrogen-bond donors (Lipinski definition) is 2. The molecule has 0 aliphatic rings. The van der Waals surface area contributed by atoms with Gasteiger partial charge in [0, 0.05) is 10.8 Å². The normalized spacial score (nSPS) is 10.3. The van der Waals surface area contributed by atoms with Gasteiger partial charge in [-0.2, -0.15) is 0 Å². The van der Waals surface area contributed by atoms with Crippen molar-refractivity contribution in [1.29, 1.82) is 0 Å². The standard InChI is InChI=1S/C12H4Cl4O4.H2O/c13-4-2-1-3-5(11(17)18)7(12(19)20)10(16)9(15)6(3)8(4)14;/h1-2H,(H,17,18)(H,19,20);1H2. The Bertz CT molecular complexity index is 772. The molecule has 2 aromatic rings. The van der Waals surface area contributed by atoms with Crippen molar-refractivity contribution in [1.82, 2.24) is 0 Å². The van der Waals surface area contributed by atoms with Gasteiger partial charge in [0.2, 0.25) is 0 Å². The molecular formula is C12H6Cl4O5. The first-order valence-electron chi connectivity index (χ1n) is 5.02. The zero-order chi connectivity index (χ0) is 15.2. The molecule has 0 aromatic heterocycles. The van der Waals surface area contributed by atoms with E-state index in [1.807, 2.05) is 0 Å². The second-order valence-electron chi connectivity index (χ2n) is 3.77. The number of fused-ring (bicyclic) bond motifs is 1. The zero-order valence-corrected chi connectivity index (χ0v) is 12.9. The van der Waals surface area contributed by atoms with Crippen molar-refractivity contribution in [2.75, 3.05) is 0 Å². The Kier molecular flexibility index (Phi) is 5.30. The lowest BCUT2D eigenvalue weighted by Gasteiger charge is -2.13. The summed E-state index contributed by atoms with van der Waals surface area (Å²) in [6, 6.07) is 2.69. The van der Waals surface area contributed by atoms with Crippen LogP contribution in [0.2, 0.25) is 20.1 Å². The highest BCUT2D eigenvalue weighted by Gasteiger charge is 2.27. The minimum atomic E-state index is -1.50. The van der Waals surface area contributed by atoms with Gasteiger partial charge in [0.05, 0.1) is 31.2 Å². The molecule has 112 valence electrons. The van der Waals surface area contributed by atoms with Gasteiger partial charge in [0.15, 0.2) is 0 Å². The summed E-state index contributed by atoms with van der Waals surface area (Å²) in [5.41, 5.74) is -1.07. The van der Waals surface area contributed by atoms with E-state index < -0.39 is 28.1 Å². The molecule has 0 heterocycles. The highest BCUT2D eigenvalue weighted by atomic mass is 35.5. The van der Waals surface area contributed by atoms with Gasteiger partial charge in [-0.1, -0.05) is 52.5 Å². The first-order valence-corrected chi connectivity index (χ1v) is 6.53. The zero-order valence-electron chi connectivity index (χ0n) is 9.88. The smallest absolute Gasteiger partial charge is 0.338 e. The van der Waals surface area contributed by atoms with Crippen LogP contribution < -0.4 is 0 Å². The number of halogens is 4. The summed E-state index contributed by atoms with van der Waals surface area (Å²) in [4.78, 5) is 22.6. The second kappa shape index (κ2) is 6.25. The molecule has 0 fully saturated rings. The van der Waals surface area contributed by atoms with Gasteiger partial charge in [-0.3, -0.25) is 0 Å². The van der Waals surface area contributed by atoms with Crippen LogP contribution in [-0.2, 0) is 0 Å². The predicted octanol–water partition coefficient (Wildman–Crippen LogP) is 4.03. The first kappa shape index (κ1) is 17.8. The second-order valence-corrected chi connectivity index (χ2v) is 5.31. The van der Waals surface area contributed by atoms with Gasteiger partial charge in [0.1, 0.15) is 0 Å². The molecular weight excluding hydrogens is 366 g/mol. The number of carboxylic acid groups (broad SMARTS) is 2. The summed E-state index contributed by atoms with van der Waals surface area (Å²) in [5, 5.41) is 18.2. The van der Waals surface area contributed by atoms with Gasteiger partial charge in [-0.25, -0.2) is 9.59 Å². The Morgan fingerprint density at radius 2 is 1.33 bits per heavy atom. The van der Waals surface area contributed by atoms with Gasteiger partial charge in [-0.05, 0) is 6.07 Å². The Labute approximate surface area is 137 Å². The van der Waals surface area contributed by atoms with E-state index in [2.05, 4.69) is 0 Å². The van der Waals surface area contributed by atoms with Crippen LogP contribution in [0, 0.1) is 0 Å². The maximum absolute atomic E-state index is 11.4. The lowest BCUT2D eigenvalue weighted by molar-refractivity contribution is 0.0653. The lowest BCUT2D eigenvalue weighted by atomic mass is 9.98. The van der Waals surface area contributed by atoms with Crippen LogP contribution in [0.25, 0.3) is 10.8 Å². The summed E-state index contributed by atoms with van der Waals surface area (Å²) >= 11 is 23.7. The number of carboxylic acids is 2. The molecule has 2 aromatic carbocycles. The molecule has 0 bridgehead atoms. The fourth-order valence-electron chi connectivity index (χ4n) is 1.86. The molecule has 0 spiro atoms. The monoisotopic (exact) mass is 370 g/mol. The van der Waals surface area contributed by atoms with Crippen molar-refractivity contribution in [3.05, 3.63) is 43.4 Å². The van der Waals surface area contributed by atoms with E-state index in [1.165, 1.54) is 12.1 Å². The van der Waals surface area contributed by atoms with E-state index >= 15 is 0 Å². The van der Waals surface area contributed by atoms with Crippen molar-refractivity contribution in [3.63, 3.8) is 0 Å². The van der Waals surface area contributed by atoms with Crippen LogP contribution in [0.1, 0.15) is 20.7 Å². The van der Waals surface area contributed by atoms with Crippen LogP contribution in [-0.4, -0.2) is 27.6 Å². The molecule has 5 nitrogen and oxygen atoms in total. The molecule has 0 unspecified atom stereocenters. The molecule has 0 atom stereocenters. The topological polar surface area (TPSA) is 106 Å². The van der Waals surface area contributed by atoms with E-state index in [-0.39, 0.29) is 31.3 Å². The number of benzene rings is 2. The minimum Gasteiger partial charge on any atom is -0.478 e. The molecule has 0 amide bonds. The number of aromatic carboxylic acids is 2. The van der Waals surface area contributed by atoms with E-state index in [9.17, 15) is 14.7 Å². The fraction of sp³-hybridized carbons (Fsp3) is 0. The van der Waals surface area contributed by atoms with Crippen molar-refractivity contribution >= 4 is 69.1 Å². The van der Waals surface area contributed by atoms with E-state index in [1.54, 1.807) is 0 Å². The highest BCUT2D eigenvalue weighted by Crippen LogP contribution is 2.43. The van der Waals surface area contributed by atoms with Gasteiger partial charge in [-0.15, -0.1) is 0 Å². The molecule has 9 heteroatoms. The molecule has 2 rings (SSSR count). The maximum Gasteiger partial charge on any atom is 0.338 e. The minimum absolute atomic E-state index is 0. The van der Waals surface area contributed by atoms with Crippen molar-refractivity contribution < 1.29 is 25.3 Å². The Hall–Kier alpha value is -1.24. The van der Waals surface area contributed by atoms with Crippen LogP contribution >= 0.6 is 46.4 Å². The molecule has 0 radical (unpaired) electrons. The number of hydrogen-bond acceptors (Lipinski definition) is 2. The van der Waals surface area contributed by atoms with Crippen LogP contribution in [0.15, 0.2) is 12.1 Å². The van der Waals surface area contributed by atoms with E-state index in [0.29, 0.717) is 0 Å². The fourth-order valence-corrected chi connectivity index (χ4v) is 2.89. The highest BCUT2D eigenvalue weighted by molar-refractivity contribution is 6.52. The summed E-state index contributed by atoms with van der Waals surface area (Å²) in [7, 11) is 0. The average molecular weight is 372 g/mol. The van der Waals surface area contributed by atoms with Crippen molar-refractivity contribution in [3.8, 4) is 0 Å². The molecule has 4 N–H and O–H groups in total. The Balaban J connectivity index is 0.00000220. The van der Waals surface area contributed by atoms with Gasteiger partial charge in [0.25, 0.3) is 0 Å². The van der Waals surface area contributed by atoms with Gasteiger partial charge >= 0.3 is 11.9 Å². The van der Waals surface area contributed by atoms with E-state index in [4.69, 9.17) is 51.5 Å². The maximum atomic E-state index is 11.4. The third kappa shape index (κ3) is 2.75. The van der Waals surface area contributed by atoms with Crippen molar-refractivity contribution in [2.45, 2.75) is 0 Å². The van der Waals surface area contributed by atoms with Crippen molar-refractivity contribution in [2.24, 2.45) is 0 Å². The SMILES string of the molecule is O.O=C(O)c1c(Cl)c(Cl)c2c(Cl)c(Cl)ccc2c1C(=O)O. The molecule has 0 saturated heterocycles. The Morgan fingerprint density at radius 1 is 0.810 bits per heavy atom. The van der Waals surface area contributed by atoms with Gasteiger partial charge < -0.3 is 15.7 Å². The summed E-state index contributed by atoms with van der Waals surface area (Å²) in [5.74, 6) is -2.95. The number of rotatable bonds is 2. The summed E-state index contributed by atoms with van der Waals surface area (Å²) in [6.45, 7) is 0. The Morgan fingerprint density at radius 3 is 1.81 bits per heavy atom. The third-order valence-electron chi connectivity index (χ3n) is 2.67. The molecule has 0 aliphatic heterocycles. The molecule has 0 saturated carbocycles. The van der Waals surface area contributed by atoms with Crippen LogP contribution in [0.4, 0.5) is 0 Å². The lowest BCUT2D eigenvalue weighted by Crippen LogP contribution is -2.10. The van der Waals surface area contributed by atoms with E-state index in [0.717, 1.165) is 0 Å². The van der Waals surface area contributed by atoms with Crippen LogP contribution in [0.5, 0.6) is 0 Å². The first-order chi connectivity index (χ1) is 9.27. The summed E-state index contributed by atoms with van der Waals surface area (Å²) < 4.78 is 0. The molecule has 0 aliphatic carbocycles. The third-order valence-corrected chi connectivity index (χ3v) is 4.33. The van der Waals surface area contributed by atoms with Crippen LogP contribution in [0.3, 0.4) is 0 Å². The predicted molar refractivity (Wildman–Crippen MR) is 81.5 cm³/mol. The average Bonchev–Trinajstić information content (AvgIpc) is 2.36. The molecule has 21 heavy (non-hydrogen) atoms.